The third kappa shape index (κ3) is 2.95. The van der Waals surface area contributed by atoms with Crippen LogP contribution in [0.1, 0.15) is 6.42 Å². The molecule has 5 rings (SSSR count). The molecule has 0 bridgehead atoms. The SMILES string of the molecule is Cn1cc2c(-c3cc(N)c4cnc(NC(=O)[C@H]5C[C@@H]5C#N)cc4c3)cccc2n1. The molecule has 0 spiro atoms. The Kier molecular flexibility index (Phi) is 3.74. The number of nitrogens with zero attached hydrogens (tertiary/aromatic N) is 4. The van der Waals surface area contributed by atoms with Crippen LogP contribution in [0.5, 0.6) is 0 Å². The van der Waals surface area contributed by atoms with Crippen molar-refractivity contribution in [2.24, 2.45) is 18.9 Å². The van der Waals surface area contributed by atoms with E-state index in [1.54, 1.807) is 10.9 Å². The molecule has 1 aliphatic rings. The van der Waals surface area contributed by atoms with Gasteiger partial charge in [0, 0.05) is 35.9 Å². The van der Waals surface area contributed by atoms with Crippen molar-refractivity contribution in [2.75, 3.05) is 11.1 Å². The van der Waals surface area contributed by atoms with E-state index in [1.807, 2.05) is 49.6 Å². The van der Waals surface area contributed by atoms with Gasteiger partial charge < -0.3 is 11.1 Å². The molecule has 7 heteroatoms. The largest absolute Gasteiger partial charge is 0.398 e. The molecule has 2 atom stereocenters. The number of hydrogen-bond acceptors (Lipinski definition) is 5. The summed E-state index contributed by atoms with van der Waals surface area (Å²) < 4.78 is 1.79. The summed E-state index contributed by atoms with van der Waals surface area (Å²) in [6.07, 6.45) is 4.27. The van der Waals surface area contributed by atoms with E-state index in [-0.39, 0.29) is 17.7 Å². The van der Waals surface area contributed by atoms with Crippen LogP contribution in [0.4, 0.5) is 11.5 Å². The van der Waals surface area contributed by atoms with Crippen LogP contribution >= 0.6 is 0 Å². The van der Waals surface area contributed by atoms with Crippen LogP contribution < -0.4 is 11.1 Å². The van der Waals surface area contributed by atoms with Crippen molar-refractivity contribution < 1.29 is 4.79 Å². The highest BCUT2D eigenvalue weighted by Gasteiger charge is 2.43. The highest BCUT2D eigenvalue weighted by atomic mass is 16.2. The van der Waals surface area contributed by atoms with Gasteiger partial charge in [-0.05, 0) is 47.2 Å². The predicted molar refractivity (Wildman–Crippen MR) is 112 cm³/mol. The minimum absolute atomic E-state index is 0.160. The molecule has 2 heterocycles. The Balaban J connectivity index is 1.56. The van der Waals surface area contributed by atoms with E-state index in [0.29, 0.717) is 17.9 Å². The molecule has 0 saturated heterocycles. The van der Waals surface area contributed by atoms with E-state index in [1.165, 1.54) is 0 Å². The number of nitriles is 1. The Morgan fingerprint density at radius 3 is 2.97 bits per heavy atom. The summed E-state index contributed by atoms with van der Waals surface area (Å²) in [6.45, 7) is 0. The van der Waals surface area contributed by atoms with Crippen molar-refractivity contribution in [3.8, 4) is 17.2 Å². The molecule has 1 fully saturated rings. The van der Waals surface area contributed by atoms with Crippen molar-refractivity contribution in [2.45, 2.75) is 6.42 Å². The third-order valence-corrected chi connectivity index (χ3v) is 5.39. The summed E-state index contributed by atoms with van der Waals surface area (Å²) in [6, 6.07) is 13.9. The minimum Gasteiger partial charge on any atom is -0.398 e. The zero-order valence-corrected chi connectivity index (χ0v) is 15.8. The lowest BCUT2D eigenvalue weighted by atomic mass is 9.98. The minimum atomic E-state index is -0.239. The molecule has 142 valence electrons. The summed E-state index contributed by atoms with van der Waals surface area (Å²) >= 11 is 0. The van der Waals surface area contributed by atoms with Crippen LogP contribution in [0, 0.1) is 23.2 Å². The van der Waals surface area contributed by atoms with Crippen molar-refractivity contribution in [3.63, 3.8) is 0 Å². The summed E-state index contributed by atoms with van der Waals surface area (Å²) in [5, 5.41) is 19.0. The number of nitrogens with two attached hydrogens (primary N) is 1. The number of aryl methyl sites for hydroxylation is 1. The van der Waals surface area contributed by atoms with Crippen molar-refractivity contribution in [1.82, 2.24) is 14.8 Å². The lowest BCUT2D eigenvalue weighted by Crippen LogP contribution is -2.15. The van der Waals surface area contributed by atoms with Gasteiger partial charge in [0.2, 0.25) is 5.91 Å². The zero-order valence-electron chi connectivity index (χ0n) is 15.8. The lowest BCUT2D eigenvalue weighted by Gasteiger charge is -2.10. The van der Waals surface area contributed by atoms with E-state index < -0.39 is 0 Å². The summed E-state index contributed by atoms with van der Waals surface area (Å²) in [5.74, 6) is -0.121. The second-order valence-corrected chi connectivity index (χ2v) is 7.46. The molecule has 0 unspecified atom stereocenters. The van der Waals surface area contributed by atoms with E-state index in [4.69, 9.17) is 11.0 Å². The molecule has 29 heavy (non-hydrogen) atoms. The second kappa shape index (κ2) is 6.31. The molecule has 4 aromatic rings. The number of carbonyl (C=O) groups is 1. The third-order valence-electron chi connectivity index (χ3n) is 5.39. The van der Waals surface area contributed by atoms with E-state index in [0.717, 1.165) is 32.8 Å². The fourth-order valence-electron chi connectivity index (χ4n) is 3.77. The molecule has 1 saturated carbocycles. The predicted octanol–water partition coefficient (Wildman–Crippen LogP) is 3.47. The summed E-state index contributed by atoms with van der Waals surface area (Å²) in [5.41, 5.74) is 9.86. The molecule has 2 aromatic carbocycles. The summed E-state index contributed by atoms with van der Waals surface area (Å²) in [4.78, 5) is 16.6. The summed E-state index contributed by atoms with van der Waals surface area (Å²) in [7, 11) is 1.90. The normalized spacial score (nSPS) is 17.9. The van der Waals surface area contributed by atoms with Crippen LogP contribution in [0.2, 0.25) is 0 Å². The Bertz CT molecular complexity index is 1330. The molecule has 3 N–H and O–H groups in total. The molecule has 0 radical (unpaired) electrons. The second-order valence-electron chi connectivity index (χ2n) is 7.46. The van der Waals surface area contributed by atoms with Crippen molar-refractivity contribution >= 4 is 39.1 Å². The van der Waals surface area contributed by atoms with Crippen LogP contribution in [0.15, 0.2) is 48.8 Å². The number of amides is 1. The van der Waals surface area contributed by atoms with Crippen LogP contribution in [-0.4, -0.2) is 20.7 Å². The fourth-order valence-corrected chi connectivity index (χ4v) is 3.77. The quantitative estimate of drug-likeness (QED) is 0.527. The van der Waals surface area contributed by atoms with Crippen molar-refractivity contribution in [3.05, 3.63) is 48.8 Å². The number of hydrogen-bond donors (Lipinski definition) is 2. The molecular formula is C22H18N6O. The van der Waals surface area contributed by atoms with Gasteiger partial charge in [0.15, 0.2) is 0 Å². The first-order valence-electron chi connectivity index (χ1n) is 9.36. The highest BCUT2D eigenvalue weighted by molar-refractivity contribution is 6.03. The van der Waals surface area contributed by atoms with Crippen LogP contribution in [0.3, 0.4) is 0 Å². The van der Waals surface area contributed by atoms with Crippen LogP contribution in [-0.2, 0) is 11.8 Å². The average Bonchev–Trinajstić information content (AvgIpc) is 3.40. The number of fused-ring (bicyclic) bond motifs is 2. The van der Waals surface area contributed by atoms with E-state index in [2.05, 4.69) is 21.5 Å². The topological polar surface area (TPSA) is 110 Å². The zero-order chi connectivity index (χ0) is 20.1. The van der Waals surface area contributed by atoms with Gasteiger partial charge in [-0.1, -0.05) is 12.1 Å². The van der Waals surface area contributed by atoms with E-state index >= 15 is 0 Å². The van der Waals surface area contributed by atoms with Gasteiger partial charge in [-0.25, -0.2) is 4.98 Å². The van der Waals surface area contributed by atoms with Gasteiger partial charge in [0.25, 0.3) is 0 Å². The van der Waals surface area contributed by atoms with Gasteiger partial charge in [-0.2, -0.15) is 10.4 Å². The van der Waals surface area contributed by atoms with Crippen LogP contribution in [0.25, 0.3) is 32.8 Å². The number of carbonyl (C=O) groups excluding carboxylic acids is 1. The van der Waals surface area contributed by atoms with E-state index in [9.17, 15) is 4.79 Å². The maximum Gasteiger partial charge on any atom is 0.230 e. The first kappa shape index (κ1) is 17.2. The number of aromatic nitrogens is 3. The number of nitrogens with one attached hydrogen (secondary N) is 1. The van der Waals surface area contributed by atoms with Gasteiger partial charge >= 0.3 is 0 Å². The maximum absolute atomic E-state index is 12.2. The number of rotatable bonds is 3. The van der Waals surface area contributed by atoms with Gasteiger partial charge in [0.1, 0.15) is 5.82 Å². The Morgan fingerprint density at radius 1 is 1.31 bits per heavy atom. The molecule has 1 aliphatic carbocycles. The highest BCUT2D eigenvalue weighted by Crippen LogP contribution is 2.39. The number of benzene rings is 2. The monoisotopic (exact) mass is 382 g/mol. The fraction of sp³-hybridized carbons (Fsp3) is 0.182. The number of pyridine rings is 1. The Hall–Kier alpha value is -3.92. The molecule has 0 aliphatic heterocycles. The first-order chi connectivity index (χ1) is 14.0. The van der Waals surface area contributed by atoms with Gasteiger partial charge in [-0.3, -0.25) is 9.48 Å². The average molecular weight is 382 g/mol. The Morgan fingerprint density at radius 2 is 2.17 bits per heavy atom. The van der Waals surface area contributed by atoms with Crippen molar-refractivity contribution in [1.29, 1.82) is 5.26 Å². The molecule has 2 aromatic heterocycles. The van der Waals surface area contributed by atoms with Gasteiger partial charge in [-0.15, -0.1) is 0 Å². The molecule has 1 amide bonds. The number of nitrogen functional groups attached to an aromatic ring is 1. The smallest absolute Gasteiger partial charge is 0.230 e. The molecular weight excluding hydrogens is 364 g/mol. The maximum atomic E-state index is 12.2. The Labute approximate surface area is 166 Å². The first-order valence-corrected chi connectivity index (χ1v) is 9.36. The lowest BCUT2D eigenvalue weighted by molar-refractivity contribution is -0.117. The number of anilines is 2. The van der Waals surface area contributed by atoms with Gasteiger partial charge in [0.05, 0.1) is 23.4 Å². The molecule has 7 nitrogen and oxygen atoms in total. The standard InChI is InChI=1S/C22H18N6O/c1-28-11-18-15(3-2-4-20(18)27-28)12-5-13-8-21(25-10-17(13)19(24)7-12)26-22(29)16-6-14(16)9-23/h2-5,7-8,10-11,14,16H,6,24H2,1H3,(H,25,26,29)/t14-,16+/m1/s1.